The van der Waals surface area contributed by atoms with Crippen LogP contribution in [0.2, 0.25) is 0 Å². The van der Waals surface area contributed by atoms with Crippen molar-refractivity contribution in [3.8, 4) is 11.5 Å². The lowest BCUT2D eigenvalue weighted by molar-refractivity contribution is -0.123. The second-order valence-electron chi connectivity index (χ2n) is 4.77. The highest BCUT2D eigenvalue weighted by atomic mass is 16.5. The van der Waals surface area contributed by atoms with Crippen LogP contribution in [0.25, 0.3) is 0 Å². The van der Waals surface area contributed by atoms with Crippen LogP contribution in [0.4, 0.5) is 0 Å². The van der Waals surface area contributed by atoms with E-state index in [-0.39, 0.29) is 12.5 Å². The first-order valence-corrected chi connectivity index (χ1v) is 7.49. The SMILES string of the molecule is CCCCOc1ccc(OCC(=O)N/N=C\c2ccco2)cc1. The number of benzene rings is 1. The van der Waals surface area contributed by atoms with Crippen molar-refractivity contribution >= 4 is 12.1 Å². The third-order valence-electron chi connectivity index (χ3n) is 2.88. The number of furan rings is 1. The Balaban J connectivity index is 1.69. The highest BCUT2D eigenvalue weighted by Crippen LogP contribution is 2.17. The molecule has 2 rings (SSSR count). The zero-order valence-electron chi connectivity index (χ0n) is 13.0. The summed E-state index contributed by atoms with van der Waals surface area (Å²) in [6.07, 6.45) is 5.07. The van der Waals surface area contributed by atoms with Gasteiger partial charge in [-0.25, -0.2) is 5.43 Å². The van der Waals surface area contributed by atoms with Gasteiger partial charge in [-0.1, -0.05) is 13.3 Å². The fourth-order valence-electron chi connectivity index (χ4n) is 1.68. The van der Waals surface area contributed by atoms with E-state index in [4.69, 9.17) is 13.9 Å². The Kier molecular flexibility index (Phi) is 6.71. The summed E-state index contributed by atoms with van der Waals surface area (Å²) in [6, 6.07) is 10.6. The zero-order valence-corrected chi connectivity index (χ0v) is 13.0. The number of nitrogens with zero attached hydrogens (tertiary/aromatic N) is 1. The quantitative estimate of drug-likeness (QED) is 0.438. The highest BCUT2D eigenvalue weighted by molar-refractivity contribution is 5.81. The van der Waals surface area contributed by atoms with Crippen molar-refractivity contribution in [1.82, 2.24) is 5.43 Å². The van der Waals surface area contributed by atoms with Crippen molar-refractivity contribution in [2.75, 3.05) is 13.2 Å². The smallest absolute Gasteiger partial charge is 0.277 e. The van der Waals surface area contributed by atoms with Gasteiger partial charge in [0.05, 0.1) is 19.1 Å². The number of unbranched alkanes of at least 4 members (excludes halogenated alkanes) is 1. The van der Waals surface area contributed by atoms with Crippen molar-refractivity contribution in [1.29, 1.82) is 0 Å². The molecule has 0 aliphatic heterocycles. The molecule has 0 spiro atoms. The van der Waals surface area contributed by atoms with E-state index in [9.17, 15) is 4.79 Å². The Bertz CT molecular complexity index is 606. The molecule has 1 aromatic heterocycles. The van der Waals surface area contributed by atoms with Crippen LogP contribution >= 0.6 is 0 Å². The summed E-state index contributed by atoms with van der Waals surface area (Å²) in [4.78, 5) is 11.6. The minimum atomic E-state index is -0.351. The first kappa shape index (κ1) is 16.6. The summed E-state index contributed by atoms with van der Waals surface area (Å²) in [6.45, 7) is 2.70. The van der Waals surface area contributed by atoms with Crippen LogP contribution in [-0.2, 0) is 4.79 Å². The standard InChI is InChI=1S/C17H20N2O4/c1-2-3-10-21-14-6-8-15(9-7-14)23-13-17(20)19-18-12-16-5-4-11-22-16/h4-9,11-12H,2-3,10,13H2,1H3,(H,19,20)/b18-12-. The molecule has 0 fully saturated rings. The number of amides is 1. The first-order chi connectivity index (χ1) is 11.3. The van der Waals surface area contributed by atoms with Gasteiger partial charge in [0.2, 0.25) is 0 Å². The molecule has 122 valence electrons. The number of nitrogens with one attached hydrogen (secondary N) is 1. The van der Waals surface area contributed by atoms with Crippen LogP contribution in [-0.4, -0.2) is 25.3 Å². The summed E-state index contributed by atoms with van der Waals surface area (Å²) >= 11 is 0. The lowest BCUT2D eigenvalue weighted by Crippen LogP contribution is -2.24. The number of rotatable bonds is 9. The van der Waals surface area contributed by atoms with Crippen molar-refractivity contribution in [2.24, 2.45) is 5.10 Å². The molecule has 1 heterocycles. The maximum absolute atomic E-state index is 11.6. The Hall–Kier alpha value is -2.76. The van der Waals surface area contributed by atoms with Crippen LogP contribution in [0, 0.1) is 0 Å². The maximum atomic E-state index is 11.6. The molecule has 0 unspecified atom stereocenters. The summed E-state index contributed by atoms with van der Waals surface area (Å²) in [5, 5.41) is 3.76. The normalized spacial score (nSPS) is 10.7. The molecule has 1 aromatic carbocycles. The van der Waals surface area contributed by atoms with Gasteiger partial charge < -0.3 is 13.9 Å². The van der Waals surface area contributed by atoms with Crippen LogP contribution < -0.4 is 14.9 Å². The molecule has 0 atom stereocenters. The van der Waals surface area contributed by atoms with E-state index in [1.165, 1.54) is 12.5 Å². The molecule has 0 bridgehead atoms. The van der Waals surface area contributed by atoms with Gasteiger partial charge in [0.1, 0.15) is 17.3 Å². The van der Waals surface area contributed by atoms with Crippen molar-refractivity contribution in [3.05, 3.63) is 48.4 Å². The second-order valence-corrected chi connectivity index (χ2v) is 4.77. The molecule has 6 nitrogen and oxygen atoms in total. The lowest BCUT2D eigenvalue weighted by Gasteiger charge is -2.07. The summed E-state index contributed by atoms with van der Waals surface area (Å²) in [5.74, 6) is 1.59. The van der Waals surface area contributed by atoms with Gasteiger partial charge >= 0.3 is 0 Å². The molecule has 0 saturated carbocycles. The van der Waals surface area contributed by atoms with Crippen molar-refractivity contribution < 1.29 is 18.7 Å². The van der Waals surface area contributed by atoms with Gasteiger partial charge in [0, 0.05) is 0 Å². The molecule has 1 amide bonds. The molecule has 6 heteroatoms. The summed E-state index contributed by atoms with van der Waals surface area (Å²) in [7, 11) is 0. The topological polar surface area (TPSA) is 73.1 Å². The fraction of sp³-hybridized carbons (Fsp3) is 0.294. The van der Waals surface area contributed by atoms with Crippen LogP contribution in [0.1, 0.15) is 25.5 Å². The molecule has 1 N–H and O–H groups in total. The number of carbonyl (C=O) groups is 1. The van der Waals surface area contributed by atoms with E-state index in [1.807, 2.05) is 12.1 Å². The molecule has 0 radical (unpaired) electrons. The molecule has 0 saturated heterocycles. The number of hydrazone groups is 1. The monoisotopic (exact) mass is 316 g/mol. The van der Waals surface area contributed by atoms with Gasteiger partial charge in [0.15, 0.2) is 6.61 Å². The average Bonchev–Trinajstić information content (AvgIpc) is 3.08. The van der Waals surface area contributed by atoms with E-state index in [0.29, 0.717) is 18.1 Å². The van der Waals surface area contributed by atoms with E-state index >= 15 is 0 Å². The Morgan fingerprint density at radius 2 is 1.96 bits per heavy atom. The lowest BCUT2D eigenvalue weighted by atomic mass is 10.3. The Morgan fingerprint density at radius 3 is 2.61 bits per heavy atom. The zero-order chi connectivity index (χ0) is 16.3. The highest BCUT2D eigenvalue weighted by Gasteiger charge is 2.02. The predicted molar refractivity (Wildman–Crippen MR) is 86.8 cm³/mol. The van der Waals surface area contributed by atoms with Gasteiger partial charge in [-0.05, 0) is 42.8 Å². The third kappa shape index (κ3) is 6.25. The largest absolute Gasteiger partial charge is 0.494 e. The minimum absolute atomic E-state index is 0.120. The Morgan fingerprint density at radius 1 is 1.22 bits per heavy atom. The van der Waals surface area contributed by atoms with Gasteiger partial charge in [-0.3, -0.25) is 4.79 Å². The first-order valence-electron chi connectivity index (χ1n) is 7.49. The number of hydrogen-bond donors (Lipinski definition) is 1. The van der Waals surface area contributed by atoms with E-state index in [1.54, 1.807) is 24.3 Å². The summed E-state index contributed by atoms with van der Waals surface area (Å²) in [5.41, 5.74) is 2.36. The maximum Gasteiger partial charge on any atom is 0.277 e. The van der Waals surface area contributed by atoms with Crippen molar-refractivity contribution in [3.63, 3.8) is 0 Å². The molecule has 2 aromatic rings. The molecule has 0 aliphatic rings. The number of hydrogen-bond acceptors (Lipinski definition) is 5. The summed E-state index contributed by atoms with van der Waals surface area (Å²) < 4.78 is 16.0. The van der Waals surface area contributed by atoms with E-state index < -0.39 is 0 Å². The van der Waals surface area contributed by atoms with Crippen LogP contribution in [0.3, 0.4) is 0 Å². The number of ether oxygens (including phenoxy) is 2. The molecular weight excluding hydrogens is 296 g/mol. The van der Waals surface area contributed by atoms with Gasteiger partial charge in [0.25, 0.3) is 5.91 Å². The number of carbonyl (C=O) groups excluding carboxylic acids is 1. The third-order valence-corrected chi connectivity index (χ3v) is 2.88. The minimum Gasteiger partial charge on any atom is -0.494 e. The van der Waals surface area contributed by atoms with Crippen LogP contribution in [0.15, 0.2) is 52.2 Å². The van der Waals surface area contributed by atoms with Gasteiger partial charge in [-0.15, -0.1) is 0 Å². The average molecular weight is 316 g/mol. The van der Waals surface area contributed by atoms with E-state index in [2.05, 4.69) is 17.5 Å². The Labute approximate surface area is 135 Å². The molecular formula is C17H20N2O4. The molecule has 23 heavy (non-hydrogen) atoms. The fourth-order valence-corrected chi connectivity index (χ4v) is 1.68. The predicted octanol–water partition coefficient (Wildman–Crippen LogP) is 2.99. The van der Waals surface area contributed by atoms with Crippen LogP contribution in [0.5, 0.6) is 11.5 Å². The van der Waals surface area contributed by atoms with Gasteiger partial charge in [-0.2, -0.15) is 5.10 Å². The van der Waals surface area contributed by atoms with Crippen molar-refractivity contribution in [2.45, 2.75) is 19.8 Å². The molecule has 0 aliphatic carbocycles. The van der Waals surface area contributed by atoms with E-state index in [0.717, 1.165) is 18.6 Å². The second kappa shape index (κ2) is 9.30.